The van der Waals surface area contributed by atoms with Crippen molar-refractivity contribution in [3.8, 4) is 6.07 Å². The summed E-state index contributed by atoms with van der Waals surface area (Å²) in [6.45, 7) is 6.52. The number of benzene rings is 1. The van der Waals surface area contributed by atoms with Crippen LogP contribution in [0.5, 0.6) is 0 Å². The van der Waals surface area contributed by atoms with Gasteiger partial charge in [-0.2, -0.15) is 5.26 Å². The number of hydrogen-bond donors (Lipinski definition) is 0. The summed E-state index contributed by atoms with van der Waals surface area (Å²) in [5.74, 6) is 1.55. The standard InChI is InChI=1S/C21H18N6S/c1-3-10-26-19(14-8-9-14)24-25-21(26)28-18-11-13(2)15(12-22)20-23-16-6-4-5-7-17(16)27(18)20/h3-7,11,14H,1,8-10H2,2H3. The largest absolute Gasteiger partial charge is 0.302 e. The Hall–Kier alpha value is -3.11. The lowest BCUT2D eigenvalue weighted by Crippen LogP contribution is -2.03. The number of rotatable bonds is 5. The van der Waals surface area contributed by atoms with Crippen LogP contribution in [0.2, 0.25) is 0 Å². The van der Waals surface area contributed by atoms with E-state index in [1.54, 1.807) is 11.8 Å². The molecule has 0 N–H and O–H groups in total. The zero-order valence-corrected chi connectivity index (χ0v) is 16.3. The van der Waals surface area contributed by atoms with Crippen LogP contribution in [0.25, 0.3) is 16.7 Å². The van der Waals surface area contributed by atoms with Crippen molar-refractivity contribution in [1.82, 2.24) is 24.1 Å². The van der Waals surface area contributed by atoms with Gasteiger partial charge in [0.15, 0.2) is 10.8 Å². The Morgan fingerprint density at radius 2 is 2.14 bits per heavy atom. The van der Waals surface area contributed by atoms with Crippen LogP contribution in [0, 0.1) is 18.3 Å². The molecule has 0 unspecified atom stereocenters. The maximum Gasteiger partial charge on any atom is 0.197 e. The molecule has 1 aliphatic carbocycles. The molecule has 3 heterocycles. The maximum atomic E-state index is 9.66. The van der Waals surface area contributed by atoms with E-state index < -0.39 is 0 Å². The third-order valence-electron chi connectivity index (χ3n) is 5.05. The monoisotopic (exact) mass is 386 g/mol. The van der Waals surface area contributed by atoms with Gasteiger partial charge in [0.05, 0.1) is 21.6 Å². The van der Waals surface area contributed by atoms with E-state index in [4.69, 9.17) is 4.98 Å². The predicted molar refractivity (Wildman–Crippen MR) is 108 cm³/mol. The minimum atomic E-state index is 0.513. The van der Waals surface area contributed by atoms with Gasteiger partial charge < -0.3 is 4.57 Å². The molecule has 6 nitrogen and oxygen atoms in total. The molecule has 1 aliphatic rings. The van der Waals surface area contributed by atoms with Gasteiger partial charge in [-0.15, -0.1) is 16.8 Å². The van der Waals surface area contributed by atoms with E-state index in [1.807, 2.05) is 43.3 Å². The number of nitriles is 1. The number of aromatic nitrogens is 5. The minimum Gasteiger partial charge on any atom is -0.302 e. The number of aryl methyl sites for hydroxylation is 1. The molecule has 7 heteroatoms. The molecule has 5 rings (SSSR count). The SMILES string of the molecule is C=CCn1c(Sc2cc(C)c(C#N)c3nc4ccccc4n23)nnc1C1CC1. The molecule has 4 aromatic rings. The van der Waals surface area contributed by atoms with Gasteiger partial charge >= 0.3 is 0 Å². The van der Waals surface area contributed by atoms with Crippen molar-refractivity contribution in [2.45, 2.75) is 42.4 Å². The molecule has 0 spiro atoms. The van der Waals surface area contributed by atoms with Gasteiger partial charge in [-0.25, -0.2) is 4.98 Å². The first-order valence-electron chi connectivity index (χ1n) is 9.24. The maximum absolute atomic E-state index is 9.66. The van der Waals surface area contributed by atoms with Gasteiger partial charge in [-0.1, -0.05) is 18.2 Å². The van der Waals surface area contributed by atoms with E-state index >= 15 is 0 Å². The van der Waals surface area contributed by atoms with Gasteiger partial charge in [0.25, 0.3) is 0 Å². The fourth-order valence-corrected chi connectivity index (χ4v) is 4.60. The van der Waals surface area contributed by atoms with Crippen molar-refractivity contribution in [2.75, 3.05) is 0 Å². The van der Waals surface area contributed by atoms with E-state index in [0.717, 1.165) is 32.6 Å². The average molecular weight is 386 g/mol. The minimum absolute atomic E-state index is 0.513. The Labute approximate surface area is 166 Å². The van der Waals surface area contributed by atoms with Gasteiger partial charge in [-0.3, -0.25) is 4.40 Å². The van der Waals surface area contributed by atoms with Crippen LogP contribution in [0.3, 0.4) is 0 Å². The van der Waals surface area contributed by atoms with Gasteiger partial charge in [-0.05, 0) is 55.3 Å². The second kappa shape index (κ2) is 6.50. The molecular weight excluding hydrogens is 368 g/mol. The lowest BCUT2D eigenvalue weighted by Gasteiger charge is -2.11. The zero-order chi connectivity index (χ0) is 19.3. The van der Waals surface area contributed by atoms with Crippen molar-refractivity contribution in [3.05, 3.63) is 59.9 Å². The number of nitrogens with zero attached hydrogens (tertiary/aromatic N) is 6. The molecule has 0 bridgehead atoms. The topological polar surface area (TPSA) is 71.8 Å². The summed E-state index contributed by atoms with van der Waals surface area (Å²) in [5, 5.41) is 20.4. The zero-order valence-electron chi connectivity index (χ0n) is 15.5. The fourth-order valence-electron chi connectivity index (χ4n) is 3.54. The molecule has 3 aromatic heterocycles. The van der Waals surface area contributed by atoms with Crippen LogP contribution in [-0.4, -0.2) is 24.1 Å². The average Bonchev–Trinajstić information content (AvgIpc) is 3.35. The number of fused-ring (bicyclic) bond motifs is 3. The van der Waals surface area contributed by atoms with Crippen LogP contribution in [0.1, 0.15) is 35.7 Å². The Bertz CT molecular complexity index is 1270. The van der Waals surface area contributed by atoms with Crippen LogP contribution in [-0.2, 0) is 6.54 Å². The molecule has 0 aliphatic heterocycles. The predicted octanol–water partition coefficient (Wildman–Crippen LogP) is 4.47. The second-order valence-electron chi connectivity index (χ2n) is 7.03. The molecule has 28 heavy (non-hydrogen) atoms. The Balaban J connectivity index is 1.72. The van der Waals surface area contributed by atoms with Gasteiger partial charge in [0, 0.05) is 12.5 Å². The highest BCUT2D eigenvalue weighted by Gasteiger charge is 2.30. The van der Waals surface area contributed by atoms with Crippen molar-refractivity contribution >= 4 is 28.4 Å². The first-order valence-corrected chi connectivity index (χ1v) is 10.1. The normalized spacial score (nSPS) is 13.9. The van der Waals surface area contributed by atoms with Crippen molar-refractivity contribution < 1.29 is 0 Å². The first kappa shape index (κ1) is 17.0. The van der Waals surface area contributed by atoms with Crippen LogP contribution >= 0.6 is 11.8 Å². The quantitative estimate of drug-likeness (QED) is 0.473. The molecule has 1 fully saturated rings. The van der Waals surface area contributed by atoms with Crippen molar-refractivity contribution in [2.24, 2.45) is 0 Å². The van der Waals surface area contributed by atoms with E-state index in [1.165, 1.54) is 12.8 Å². The number of allylic oxidation sites excluding steroid dienone is 1. The number of hydrogen-bond acceptors (Lipinski definition) is 5. The highest BCUT2D eigenvalue weighted by atomic mass is 32.2. The van der Waals surface area contributed by atoms with Crippen LogP contribution < -0.4 is 0 Å². The number of pyridine rings is 1. The molecule has 0 saturated heterocycles. The number of para-hydroxylation sites is 2. The summed E-state index contributed by atoms with van der Waals surface area (Å²) in [4.78, 5) is 4.72. The molecule has 0 radical (unpaired) electrons. The summed E-state index contributed by atoms with van der Waals surface area (Å²) in [5.41, 5.74) is 4.05. The molecule has 0 atom stereocenters. The third kappa shape index (κ3) is 2.60. The number of imidazole rings is 1. The van der Waals surface area contributed by atoms with Crippen molar-refractivity contribution in [1.29, 1.82) is 5.26 Å². The van der Waals surface area contributed by atoms with Crippen LogP contribution in [0.4, 0.5) is 0 Å². The summed E-state index contributed by atoms with van der Waals surface area (Å²) in [7, 11) is 0. The fraction of sp³-hybridized carbons (Fsp3) is 0.238. The molecular formula is C21H18N6S. The van der Waals surface area contributed by atoms with E-state index in [0.29, 0.717) is 23.7 Å². The molecule has 0 amide bonds. The summed E-state index contributed by atoms with van der Waals surface area (Å²) < 4.78 is 4.20. The lowest BCUT2D eigenvalue weighted by molar-refractivity contribution is 0.680. The highest BCUT2D eigenvalue weighted by molar-refractivity contribution is 7.99. The summed E-state index contributed by atoms with van der Waals surface area (Å²) in [6, 6.07) is 12.3. The van der Waals surface area contributed by atoms with Gasteiger partial charge in [0.1, 0.15) is 11.9 Å². The van der Waals surface area contributed by atoms with Crippen LogP contribution in [0.15, 0.2) is 53.2 Å². The van der Waals surface area contributed by atoms with E-state index in [2.05, 4.69) is 31.8 Å². The second-order valence-corrected chi connectivity index (χ2v) is 8.02. The van der Waals surface area contributed by atoms with Gasteiger partial charge in [0.2, 0.25) is 0 Å². The van der Waals surface area contributed by atoms with E-state index in [-0.39, 0.29) is 0 Å². The summed E-state index contributed by atoms with van der Waals surface area (Å²) in [6.07, 6.45) is 4.23. The van der Waals surface area contributed by atoms with Crippen molar-refractivity contribution in [3.63, 3.8) is 0 Å². The smallest absolute Gasteiger partial charge is 0.197 e. The third-order valence-corrected chi connectivity index (χ3v) is 6.04. The Morgan fingerprint density at radius 3 is 2.89 bits per heavy atom. The highest BCUT2D eigenvalue weighted by Crippen LogP contribution is 2.41. The lowest BCUT2D eigenvalue weighted by atomic mass is 10.2. The first-order chi connectivity index (χ1) is 13.7. The molecule has 1 aromatic carbocycles. The Kier molecular flexibility index (Phi) is 3.95. The Morgan fingerprint density at radius 1 is 1.32 bits per heavy atom. The van der Waals surface area contributed by atoms with E-state index in [9.17, 15) is 5.26 Å². The molecule has 1 saturated carbocycles. The summed E-state index contributed by atoms with van der Waals surface area (Å²) >= 11 is 1.56. The molecule has 138 valence electrons.